The number of benzene rings is 2. The summed E-state index contributed by atoms with van der Waals surface area (Å²) in [7, 11) is -3.51. The van der Waals surface area contributed by atoms with Crippen LogP contribution in [0.25, 0.3) is 11.1 Å². The Morgan fingerprint density at radius 3 is 2.39 bits per heavy atom. The summed E-state index contributed by atoms with van der Waals surface area (Å²) < 4.78 is 32.0. The fourth-order valence-corrected chi connectivity index (χ4v) is 4.35. The summed E-state index contributed by atoms with van der Waals surface area (Å²) >= 11 is 0. The third-order valence-corrected chi connectivity index (χ3v) is 6.45. The molecule has 0 saturated carbocycles. The van der Waals surface area contributed by atoms with Gasteiger partial charge in [0.05, 0.1) is 4.90 Å². The highest BCUT2D eigenvalue weighted by Gasteiger charge is 2.21. The number of anilines is 1. The fourth-order valence-electron chi connectivity index (χ4n) is 2.89. The van der Waals surface area contributed by atoms with Crippen molar-refractivity contribution in [2.75, 3.05) is 18.4 Å². The van der Waals surface area contributed by atoms with Crippen LogP contribution >= 0.6 is 0 Å². The number of nitrogens with one attached hydrogen (secondary N) is 1. The minimum atomic E-state index is -3.51. The molecular formula is C20H23N3O4S. The van der Waals surface area contributed by atoms with Gasteiger partial charge in [-0.05, 0) is 36.4 Å². The second kappa shape index (κ2) is 8.53. The molecule has 0 aliphatic carbocycles. The first-order valence-electron chi connectivity index (χ1n) is 9.18. The van der Waals surface area contributed by atoms with Gasteiger partial charge >= 0.3 is 0 Å². The van der Waals surface area contributed by atoms with E-state index in [1.165, 1.54) is 16.4 Å². The predicted octanol–water partition coefficient (Wildman–Crippen LogP) is 3.43. The number of para-hydroxylation sites is 2. The van der Waals surface area contributed by atoms with Gasteiger partial charge in [-0.1, -0.05) is 26.0 Å². The molecular weight excluding hydrogens is 378 g/mol. The minimum Gasteiger partial charge on any atom is -0.441 e. The van der Waals surface area contributed by atoms with Crippen molar-refractivity contribution in [2.24, 2.45) is 0 Å². The van der Waals surface area contributed by atoms with Gasteiger partial charge in [0.1, 0.15) is 5.52 Å². The normalized spacial score (nSPS) is 11.8. The van der Waals surface area contributed by atoms with Crippen molar-refractivity contribution in [1.82, 2.24) is 9.29 Å². The van der Waals surface area contributed by atoms with Crippen molar-refractivity contribution in [3.05, 3.63) is 54.4 Å². The molecule has 0 fully saturated rings. The predicted molar refractivity (Wildman–Crippen MR) is 108 cm³/mol. The average molecular weight is 401 g/mol. The van der Waals surface area contributed by atoms with Crippen LogP contribution in [0.4, 0.5) is 5.69 Å². The van der Waals surface area contributed by atoms with E-state index >= 15 is 0 Å². The van der Waals surface area contributed by atoms with E-state index in [2.05, 4.69) is 10.3 Å². The van der Waals surface area contributed by atoms with E-state index < -0.39 is 10.0 Å². The lowest BCUT2D eigenvalue weighted by atomic mass is 10.2. The molecule has 0 unspecified atom stereocenters. The van der Waals surface area contributed by atoms with Crippen molar-refractivity contribution in [3.8, 4) is 0 Å². The molecule has 0 saturated heterocycles. The summed E-state index contributed by atoms with van der Waals surface area (Å²) in [6.45, 7) is 4.42. The monoisotopic (exact) mass is 401 g/mol. The van der Waals surface area contributed by atoms with Gasteiger partial charge in [0, 0.05) is 31.6 Å². The standard InChI is InChI=1S/C20H23N3O4S/c1-3-23(4-2)28(25,26)16-11-9-15(10-12-16)21-19(24)13-14-20-22-17-7-5-6-8-18(17)27-20/h5-12H,3-4,13-14H2,1-2H3,(H,21,24). The number of fused-ring (bicyclic) bond motifs is 1. The lowest BCUT2D eigenvalue weighted by molar-refractivity contribution is -0.116. The Labute approximate surface area is 164 Å². The van der Waals surface area contributed by atoms with E-state index in [9.17, 15) is 13.2 Å². The van der Waals surface area contributed by atoms with E-state index in [4.69, 9.17) is 4.42 Å². The van der Waals surface area contributed by atoms with Crippen LogP contribution in [-0.4, -0.2) is 36.7 Å². The topological polar surface area (TPSA) is 92.5 Å². The molecule has 3 rings (SSSR count). The molecule has 0 aliphatic rings. The zero-order chi connectivity index (χ0) is 20.1. The number of rotatable bonds is 8. The van der Waals surface area contributed by atoms with E-state index in [0.717, 1.165) is 5.52 Å². The zero-order valence-electron chi connectivity index (χ0n) is 15.9. The quantitative estimate of drug-likeness (QED) is 0.624. The summed E-state index contributed by atoms with van der Waals surface area (Å²) in [5.74, 6) is 0.318. The van der Waals surface area contributed by atoms with Gasteiger partial charge in [0.2, 0.25) is 15.9 Å². The van der Waals surface area contributed by atoms with Crippen molar-refractivity contribution >= 4 is 32.7 Å². The summed E-state index contributed by atoms with van der Waals surface area (Å²) in [6.07, 6.45) is 0.598. The van der Waals surface area contributed by atoms with Crippen molar-refractivity contribution in [2.45, 2.75) is 31.6 Å². The molecule has 2 aromatic carbocycles. The highest BCUT2D eigenvalue weighted by atomic mass is 32.2. The summed E-state index contributed by atoms with van der Waals surface area (Å²) in [5.41, 5.74) is 2.01. The zero-order valence-corrected chi connectivity index (χ0v) is 16.7. The number of carbonyl (C=O) groups excluding carboxylic acids is 1. The highest BCUT2D eigenvalue weighted by molar-refractivity contribution is 7.89. The van der Waals surface area contributed by atoms with Crippen LogP contribution in [0.2, 0.25) is 0 Å². The Kier molecular flexibility index (Phi) is 6.11. The van der Waals surface area contributed by atoms with Gasteiger partial charge in [-0.2, -0.15) is 4.31 Å². The van der Waals surface area contributed by atoms with Gasteiger partial charge in [-0.3, -0.25) is 4.79 Å². The number of sulfonamides is 1. The molecule has 1 N–H and O–H groups in total. The average Bonchev–Trinajstić information content (AvgIpc) is 3.10. The molecule has 1 aromatic heterocycles. The van der Waals surface area contributed by atoms with Crippen molar-refractivity contribution < 1.29 is 17.6 Å². The Hall–Kier alpha value is -2.71. The molecule has 0 radical (unpaired) electrons. The molecule has 0 atom stereocenters. The van der Waals surface area contributed by atoms with E-state index in [0.29, 0.717) is 36.7 Å². The number of amides is 1. The molecule has 0 bridgehead atoms. The number of hydrogen-bond donors (Lipinski definition) is 1. The van der Waals surface area contributed by atoms with Gasteiger partial charge in [-0.25, -0.2) is 13.4 Å². The molecule has 148 valence electrons. The van der Waals surface area contributed by atoms with Crippen molar-refractivity contribution in [3.63, 3.8) is 0 Å². The number of nitrogens with zero attached hydrogens (tertiary/aromatic N) is 2. The van der Waals surface area contributed by atoms with Gasteiger partial charge in [-0.15, -0.1) is 0 Å². The Balaban J connectivity index is 1.59. The van der Waals surface area contributed by atoms with Crippen LogP contribution in [-0.2, 0) is 21.2 Å². The van der Waals surface area contributed by atoms with Crippen LogP contribution in [0.3, 0.4) is 0 Å². The lowest BCUT2D eigenvalue weighted by Crippen LogP contribution is -2.30. The Bertz CT molecular complexity index is 1020. The first-order valence-corrected chi connectivity index (χ1v) is 10.6. The highest BCUT2D eigenvalue weighted by Crippen LogP contribution is 2.19. The number of aryl methyl sites for hydroxylation is 1. The first-order chi connectivity index (χ1) is 13.4. The molecule has 7 nitrogen and oxygen atoms in total. The minimum absolute atomic E-state index is 0.193. The van der Waals surface area contributed by atoms with E-state index in [1.807, 2.05) is 24.3 Å². The number of oxazole rings is 1. The summed E-state index contributed by atoms with van der Waals surface area (Å²) in [4.78, 5) is 16.7. The Morgan fingerprint density at radius 1 is 1.07 bits per heavy atom. The SMILES string of the molecule is CCN(CC)S(=O)(=O)c1ccc(NC(=O)CCc2nc3ccccc3o2)cc1. The largest absolute Gasteiger partial charge is 0.441 e. The third kappa shape index (κ3) is 4.40. The maximum atomic E-state index is 12.5. The fraction of sp³-hybridized carbons (Fsp3) is 0.300. The maximum absolute atomic E-state index is 12.5. The van der Waals surface area contributed by atoms with E-state index in [1.54, 1.807) is 26.0 Å². The molecule has 0 aliphatic heterocycles. The Morgan fingerprint density at radius 2 is 1.75 bits per heavy atom. The maximum Gasteiger partial charge on any atom is 0.243 e. The van der Waals surface area contributed by atoms with Crippen LogP contribution in [0.1, 0.15) is 26.2 Å². The second-order valence-electron chi connectivity index (χ2n) is 6.24. The first kappa shape index (κ1) is 20.0. The number of aromatic nitrogens is 1. The number of carbonyl (C=O) groups is 1. The van der Waals surface area contributed by atoms with Gasteiger partial charge < -0.3 is 9.73 Å². The van der Waals surface area contributed by atoms with Crippen LogP contribution in [0.5, 0.6) is 0 Å². The third-order valence-electron chi connectivity index (χ3n) is 4.39. The van der Waals surface area contributed by atoms with Gasteiger partial charge in [0.25, 0.3) is 0 Å². The molecule has 1 heterocycles. The molecule has 1 amide bonds. The molecule has 28 heavy (non-hydrogen) atoms. The molecule has 3 aromatic rings. The smallest absolute Gasteiger partial charge is 0.243 e. The second-order valence-corrected chi connectivity index (χ2v) is 8.18. The molecule has 8 heteroatoms. The summed E-state index contributed by atoms with van der Waals surface area (Å²) in [6, 6.07) is 13.6. The van der Waals surface area contributed by atoms with Crippen molar-refractivity contribution in [1.29, 1.82) is 0 Å². The molecule has 0 spiro atoms. The van der Waals surface area contributed by atoms with Gasteiger partial charge in [0.15, 0.2) is 11.5 Å². The van der Waals surface area contributed by atoms with Crippen LogP contribution < -0.4 is 5.32 Å². The van der Waals surface area contributed by atoms with Crippen LogP contribution in [0.15, 0.2) is 57.8 Å². The summed E-state index contributed by atoms with van der Waals surface area (Å²) in [5, 5.41) is 2.76. The van der Waals surface area contributed by atoms with Crippen LogP contribution in [0, 0.1) is 0 Å². The number of hydrogen-bond acceptors (Lipinski definition) is 5. The lowest BCUT2D eigenvalue weighted by Gasteiger charge is -2.18. The van der Waals surface area contributed by atoms with E-state index in [-0.39, 0.29) is 17.2 Å².